The fourth-order valence-corrected chi connectivity index (χ4v) is 0.600. The smallest absolute Gasteiger partial charge is 0.228 e. The Balaban J connectivity index is 2.52. The molecule has 0 bridgehead atoms. The molecule has 1 aromatic heterocycles. The quantitative estimate of drug-likeness (QED) is 0.538. The number of nitrogens with zero attached hydrogens (tertiary/aromatic N) is 3. The predicted molar refractivity (Wildman–Crippen MR) is 43.2 cm³/mol. The van der Waals surface area contributed by atoms with Gasteiger partial charge in [-0.25, -0.2) is 0 Å². The van der Waals surface area contributed by atoms with Crippen LogP contribution in [0.15, 0.2) is 0 Å². The Hall–Kier alpha value is -1.43. The van der Waals surface area contributed by atoms with Crippen LogP contribution in [0.5, 0.6) is 0 Å². The van der Waals surface area contributed by atoms with Gasteiger partial charge in [0.1, 0.15) is 0 Å². The number of rotatable bonds is 3. The molecule has 65 valence electrons. The summed E-state index contributed by atoms with van der Waals surface area (Å²) in [5, 5.41) is 11.7. The molecule has 0 spiro atoms. The maximum atomic E-state index is 8.91. The zero-order valence-electron chi connectivity index (χ0n) is 6.65. The standard InChI is InChI=1S/C6H10N5O/c1-4(12)2-8-6-10-3-9-5(7)11-6/h4,12H,2H2,1H3,(H3,7,8,9,10,11). The lowest BCUT2D eigenvalue weighted by molar-refractivity contribution is 0.208. The summed E-state index contributed by atoms with van der Waals surface area (Å²) in [6, 6.07) is 0. The molecule has 0 aliphatic heterocycles. The number of hydrogen-bond acceptors (Lipinski definition) is 6. The fourth-order valence-electron chi connectivity index (χ4n) is 0.600. The third-order valence-electron chi connectivity index (χ3n) is 1.10. The van der Waals surface area contributed by atoms with E-state index in [0.29, 0.717) is 12.5 Å². The second-order valence-electron chi connectivity index (χ2n) is 2.35. The van der Waals surface area contributed by atoms with Gasteiger partial charge in [-0.05, 0) is 6.92 Å². The highest BCUT2D eigenvalue weighted by molar-refractivity contribution is 5.28. The van der Waals surface area contributed by atoms with Crippen molar-refractivity contribution in [1.29, 1.82) is 0 Å². The summed E-state index contributed by atoms with van der Waals surface area (Å²) >= 11 is 0. The lowest BCUT2D eigenvalue weighted by Gasteiger charge is -2.05. The molecule has 0 saturated carbocycles. The topological polar surface area (TPSA) is 97.0 Å². The Morgan fingerprint density at radius 2 is 2.42 bits per heavy atom. The normalized spacial score (nSPS) is 12.5. The molecule has 1 aromatic rings. The Morgan fingerprint density at radius 3 is 3.00 bits per heavy atom. The van der Waals surface area contributed by atoms with Crippen molar-refractivity contribution < 1.29 is 5.11 Å². The van der Waals surface area contributed by atoms with Crippen molar-refractivity contribution in [2.45, 2.75) is 13.0 Å². The molecular weight excluding hydrogens is 158 g/mol. The average Bonchev–Trinajstić information content (AvgIpc) is 2.01. The molecule has 4 N–H and O–H groups in total. The number of nitrogens with one attached hydrogen (secondary N) is 1. The Labute approximate surface area is 69.9 Å². The van der Waals surface area contributed by atoms with Crippen molar-refractivity contribution in [3.63, 3.8) is 0 Å². The first-order valence-corrected chi connectivity index (χ1v) is 3.48. The van der Waals surface area contributed by atoms with Crippen molar-refractivity contribution in [3.8, 4) is 0 Å². The van der Waals surface area contributed by atoms with Gasteiger partial charge in [-0.1, -0.05) is 0 Å². The van der Waals surface area contributed by atoms with Crippen LogP contribution in [0.2, 0.25) is 0 Å². The number of aliphatic hydroxyl groups excluding tert-OH is 1. The number of aliphatic hydroxyl groups is 1. The SMILES string of the molecule is CC(O)CNc1n[c]nc(N)n1. The molecule has 0 aromatic carbocycles. The van der Waals surface area contributed by atoms with E-state index < -0.39 is 6.10 Å². The number of anilines is 2. The van der Waals surface area contributed by atoms with Gasteiger partial charge in [0.05, 0.1) is 6.10 Å². The van der Waals surface area contributed by atoms with Gasteiger partial charge in [0.25, 0.3) is 0 Å². The van der Waals surface area contributed by atoms with Crippen molar-refractivity contribution >= 4 is 11.9 Å². The zero-order chi connectivity index (χ0) is 8.97. The molecule has 0 amide bonds. The van der Waals surface area contributed by atoms with Gasteiger partial charge in [0.15, 0.2) is 0 Å². The van der Waals surface area contributed by atoms with Crippen molar-refractivity contribution in [1.82, 2.24) is 15.0 Å². The first kappa shape index (κ1) is 8.66. The van der Waals surface area contributed by atoms with E-state index in [-0.39, 0.29) is 5.95 Å². The molecule has 1 heterocycles. The molecule has 1 unspecified atom stereocenters. The molecular formula is C6H10N5O. The molecule has 1 radical (unpaired) electrons. The number of aromatic nitrogens is 3. The van der Waals surface area contributed by atoms with Crippen LogP contribution in [0, 0.1) is 6.33 Å². The van der Waals surface area contributed by atoms with Gasteiger partial charge in [-0.3, -0.25) is 0 Å². The van der Waals surface area contributed by atoms with E-state index in [2.05, 4.69) is 26.6 Å². The minimum atomic E-state index is -0.456. The number of nitrogen functional groups attached to an aromatic ring is 1. The first-order chi connectivity index (χ1) is 5.68. The van der Waals surface area contributed by atoms with E-state index in [1.807, 2.05) is 0 Å². The van der Waals surface area contributed by atoms with E-state index >= 15 is 0 Å². The summed E-state index contributed by atoms with van der Waals surface area (Å²) in [6.07, 6.45) is 1.87. The number of nitrogens with two attached hydrogens (primary N) is 1. The van der Waals surface area contributed by atoms with Crippen molar-refractivity contribution in [2.24, 2.45) is 0 Å². The summed E-state index contributed by atoms with van der Waals surface area (Å²) in [4.78, 5) is 10.9. The zero-order valence-corrected chi connectivity index (χ0v) is 6.65. The van der Waals surface area contributed by atoms with Gasteiger partial charge < -0.3 is 16.2 Å². The summed E-state index contributed by atoms with van der Waals surface area (Å²) in [5.41, 5.74) is 5.27. The van der Waals surface area contributed by atoms with Crippen LogP contribution in [-0.2, 0) is 0 Å². The summed E-state index contributed by atoms with van der Waals surface area (Å²) in [6.45, 7) is 2.03. The van der Waals surface area contributed by atoms with E-state index in [0.717, 1.165) is 0 Å². The lowest BCUT2D eigenvalue weighted by atomic mass is 10.4. The largest absolute Gasteiger partial charge is 0.392 e. The molecule has 0 saturated heterocycles. The van der Waals surface area contributed by atoms with E-state index in [4.69, 9.17) is 10.8 Å². The molecule has 12 heavy (non-hydrogen) atoms. The molecule has 1 atom stereocenters. The van der Waals surface area contributed by atoms with Crippen molar-refractivity contribution in [2.75, 3.05) is 17.6 Å². The highest BCUT2D eigenvalue weighted by Gasteiger charge is 1.98. The maximum absolute atomic E-state index is 8.91. The van der Waals surface area contributed by atoms with Gasteiger partial charge in [0, 0.05) is 6.54 Å². The van der Waals surface area contributed by atoms with Crippen LogP contribution in [0.4, 0.5) is 11.9 Å². The third kappa shape index (κ3) is 2.67. The summed E-state index contributed by atoms with van der Waals surface area (Å²) in [7, 11) is 0. The fraction of sp³-hybridized carbons (Fsp3) is 0.500. The average molecular weight is 168 g/mol. The van der Waals surface area contributed by atoms with Gasteiger partial charge >= 0.3 is 0 Å². The summed E-state index contributed by atoms with van der Waals surface area (Å²) < 4.78 is 0. The minimum Gasteiger partial charge on any atom is -0.392 e. The van der Waals surface area contributed by atoms with Crippen LogP contribution in [0.25, 0.3) is 0 Å². The predicted octanol–water partition coefficient (Wildman–Crippen LogP) is -0.953. The highest BCUT2D eigenvalue weighted by Crippen LogP contribution is 1.96. The van der Waals surface area contributed by atoms with Crippen LogP contribution in [0.1, 0.15) is 6.92 Å². The highest BCUT2D eigenvalue weighted by atomic mass is 16.3. The lowest BCUT2D eigenvalue weighted by Crippen LogP contribution is -2.17. The Bertz CT molecular complexity index is 251. The van der Waals surface area contributed by atoms with E-state index in [1.54, 1.807) is 6.92 Å². The molecule has 0 fully saturated rings. The van der Waals surface area contributed by atoms with E-state index in [9.17, 15) is 0 Å². The Morgan fingerprint density at radius 1 is 1.67 bits per heavy atom. The monoisotopic (exact) mass is 168 g/mol. The second-order valence-corrected chi connectivity index (χ2v) is 2.35. The van der Waals surface area contributed by atoms with Crippen LogP contribution < -0.4 is 11.1 Å². The Kier molecular flexibility index (Phi) is 2.76. The van der Waals surface area contributed by atoms with Gasteiger partial charge in [-0.2, -0.15) is 15.0 Å². The van der Waals surface area contributed by atoms with Crippen LogP contribution in [0.3, 0.4) is 0 Å². The molecule has 0 aliphatic rings. The third-order valence-corrected chi connectivity index (χ3v) is 1.10. The minimum absolute atomic E-state index is 0.109. The van der Waals surface area contributed by atoms with Gasteiger partial charge in [0.2, 0.25) is 18.2 Å². The molecule has 6 heteroatoms. The second kappa shape index (κ2) is 3.82. The molecule has 0 aliphatic carbocycles. The molecule has 1 rings (SSSR count). The maximum Gasteiger partial charge on any atom is 0.228 e. The summed E-state index contributed by atoms with van der Waals surface area (Å²) in [5.74, 6) is 0.432. The number of hydrogen-bond donors (Lipinski definition) is 3. The van der Waals surface area contributed by atoms with E-state index in [1.165, 1.54) is 0 Å². The first-order valence-electron chi connectivity index (χ1n) is 3.48. The van der Waals surface area contributed by atoms with Crippen LogP contribution in [-0.4, -0.2) is 32.7 Å². The van der Waals surface area contributed by atoms with Crippen molar-refractivity contribution in [3.05, 3.63) is 6.33 Å². The van der Waals surface area contributed by atoms with Crippen LogP contribution >= 0.6 is 0 Å². The molecule has 6 nitrogen and oxygen atoms in total. The van der Waals surface area contributed by atoms with Gasteiger partial charge in [-0.15, -0.1) is 0 Å².